The summed E-state index contributed by atoms with van der Waals surface area (Å²) in [5, 5.41) is 11.6. The van der Waals surface area contributed by atoms with E-state index in [1.807, 2.05) is 55.5 Å². The maximum Gasteiger partial charge on any atom is 0.300 e. The van der Waals surface area contributed by atoms with Crippen molar-refractivity contribution in [2.45, 2.75) is 13.0 Å². The summed E-state index contributed by atoms with van der Waals surface area (Å²) >= 11 is 0. The molecule has 0 spiro atoms. The number of aryl methyl sites for hydroxylation is 1. The number of amides is 1. The number of nitrogens with zero attached hydrogens (tertiary/aromatic N) is 1. The lowest BCUT2D eigenvalue weighted by molar-refractivity contribution is -0.132. The van der Waals surface area contributed by atoms with E-state index in [1.54, 1.807) is 48.5 Å². The van der Waals surface area contributed by atoms with Gasteiger partial charge in [-0.1, -0.05) is 42.5 Å². The van der Waals surface area contributed by atoms with Crippen LogP contribution in [0, 0.1) is 6.92 Å². The number of carbonyl (C=O) groups excluding carboxylic acids is 2. The number of para-hydroxylation sites is 1. The molecule has 0 bridgehead atoms. The quantitative estimate of drug-likeness (QED) is 0.171. The number of benzene rings is 4. The molecule has 196 valence electrons. The van der Waals surface area contributed by atoms with Crippen molar-refractivity contribution in [3.63, 3.8) is 0 Å². The fourth-order valence-electron chi connectivity index (χ4n) is 4.71. The molecule has 1 N–H and O–H groups in total. The second-order valence-electron chi connectivity index (χ2n) is 9.06. The molecule has 1 aliphatic heterocycles. The largest absolute Gasteiger partial charge is 0.507 e. The Balaban J connectivity index is 1.71. The molecule has 7 nitrogen and oxygen atoms in total. The molecule has 0 saturated carbocycles. The molecule has 4 aromatic rings. The number of methoxy groups -OCH3 is 2. The van der Waals surface area contributed by atoms with Gasteiger partial charge in [0.25, 0.3) is 11.7 Å². The van der Waals surface area contributed by atoms with Gasteiger partial charge >= 0.3 is 0 Å². The van der Waals surface area contributed by atoms with E-state index in [0.717, 1.165) is 5.56 Å². The monoisotopic (exact) mass is 521 g/mol. The van der Waals surface area contributed by atoms with Gasteiger partial charge in [-0.05, 0) is 72.6 Å². The highest BCUT2D eigenvalue weighted by Crippen LogP contribution is 2.44. The Bertz CT molecular complexity index is 1580. The molecule has 39 heavy (non-hydrogen) atoms. The van der Waals surface area contributed by atoms with Crippen LogP contribution in [-0.4, -0.2) is 31.0 Å². The first-order valence-corrected chi connectivity index (χ1v) is 12.3. The van der Waals surface area contributed by atoms with E-state index in [2.05, 4.69) is 0 Å². The summed E-state index contributed by atoms with van der Waals surface area (Å²) in [7, 11) is 2.96. The van der Waals surface area contributed by atoms with E-state index < -0.39 is 17.7 Å². The van der Waals surface area contributed by atoms with Gasteiger partial charge in [0.2, 0.25) is 0 Å². The van der Waals surface area contributed by atoms with Crippen molar-refractivity contribution in [1.82, 2.24) is 0 Å². The Morgan fingerprint density at radius 2 is 1.51 bits per heavy atom. The zero-order valence-electron chi connectivity index (χ0n) is 21.8. The van der Waals surface area contributed by atoms with E-state index in [9.17, 15) is 14.7 Å². The lowest BCUT2D eigenvalue weighted by Crippen LogP contribution is -2.29. The minimum atomic E-state index is -0.929. The third-order valence-corrected chi connectivity index (χ3v) is 6.54. The molecule has 7 heteroatoms. The molecule has 0 aromatic heterocycles. The molecule has 0 aliphatic carbocycles. The average Bonchev–Trinajstić information content (AvgIpc) is 3.23. The molecule has 1 atom stereocenters. The van der Waals surface area contributed by atoms with Gasteiger partial charge in [-0.15, -0.1) is 0 Å². The smallest absolute Gasteiger partial charge is 0.300 e. The van der Waals surface area contributed by atoms with Crippen LogP contribution in [0.1, 0.15) is 22.7 Å². The summed E-state index contributed by atoms with van der Waals surface area (Å²) in [4.78, 5) is 28.5. The Kier molecular flexibility index (Phi) is 7.06. The van der Waals surface area contributed by atoms with Gasteiger partial charge in [-0.3, -0.25) is 14.5 Å². The minimum Gasteiger partial charge on any atom is -0.507 e. The zero-order valence-corrected chi connectivity index (χ0v) is 21.8. The van der Waals surface area contributed by atoms with Crippen molar-refractivity contribution in [2.24, 2.45) is 0 Å². The molecule has 1 heterocycles. The number of anilines is 1. The molecule has 1 amide bonds. The van der Waals surface area contributed by atoms with Crippen LogP contribution < -0.4 is 19.1 Å². The van der Waals surface area contributed by atoms with Gasteiger partial charge in [0.15, 0.2) is 0 Å². The number of hydrogen-bond acceptors (Lipinski definition) is 6. The Labute approximate surface area is 226 Å². The van der Waals surface area contributed by atoms with Gasteiger partial charge in [0, 0.05) is 5.69 Å². The number of hydrogen-bond donors (Lipinski definition) is 1. The Morgan fingerprint density at radius 3 is 2.23 bits per heavy atom. The first kappa shape index (κ1) is 25.6. The molecular formula is C32H27NO6. The van der Waals surface area contributed by atoms with Crippen LogP contribution in [0.25, 0.3) is 5.76 Å². The van der Waals surface area contributed by atoms with Crippen molar-refractivity contribution in [3.8, 4) is 23.0 Å². The Morgan fingerprint density at radius 1 is 0.769 bits per heavy atom. The van der Waals surface area contributed by atoms with Crippen LogP contribution in [0.15, 0.2) is 103 Å². The first-order chi connectivity index (χ1) is 18.9. The highest BCUT2D eigenvalue weighted by molar-refractivity contribution is 6.51. The fourth-order valence-corrected chi connectivity index (χ4v) is 4.71. The van der Waals surface area contributed by atoms with E-state index in [-0.39, 0.29) is 16.9 Å². The average molecular weight is 522 g/mol. The third kappa shape index (κ3) is 4.94. The van der Waals surface area contributed by atoms with Crippen molar-refractivity contribution >= 4 is 23.1 Å². The number of aliphatic hydroxyl groups excluding tert-OH is 1. The van der Waals surface area contributed by atoms with Gasteiger partial charge in [-0.25, -0.2) is 0 Å². The molecule has 5 rings (SSSR count). The standard InChI is InChI=1S/C32H27NO6/c1-20-9-7-11-22(17-20)33-29(21-10-8-14-25(18-21)39-23-12-5-4-6-13-23)28(31(35)32(33)36)30(34)26-19-24(37-2)15-16-27(26)38-3/h4-19,29,34H,1-3H3/b30-28+. The van der Waals surface area contributed by atoms with Crippen molar-refractivity contribution in [1.29, 1.82) is 0 Å². The molecule has 4 aromatic carbocycles. The predicted octanol–water partition coefficient (Wildman–Crippen LogP) is 6.43. The van der Waals surface area contributed by atoms with Crippen LogP contribution in [0.4, 0.5) is 5.69 Å². The number of ether oxygens (including phenoxy) is 3. The zero-order chi connectivity index (χ0) is 27.5. The SMILES string of the molecule is COc1ccc(OC)c(/C(O)=C2\C(=O)C(=O)N(c3cccc(C)c3)C2c2cccc(Oc3ccccc3)c2)c1. The van der Waals surface area contributed by atoms with Gasteiger partial charge in [-0.2, -0.15) is 0 Å². The van der Waals surface area contributed by atoms with Crippen LogP contribution in [0.2, 0.25) is 0 Å². The van der Waals surface area contributed by atoms with Crippen molar-refractivity contribution in [2.75, 3.05) is 19.1 Å². The number of ketones is 1. The fraction of sp³-hybridized carbons (Fsp3) is 0.125. The lowest BCUT2D eigenvalue weighted by atomic mass is 9.94. The van der Waals surface area contributed by atoms with Crippen molar-refractivity contribution in [3.05, 3.63) is 119 Å². The summed E-state index contributed by atoms with van der Waals surface area (Å²) in [6.07, 6.45) is 0. The van der Waals surface area contributed by atoms with Crippen molar-refractivity contribution < 1.29 is 28.9 Å². The molecule has 1 fully saturated rings. The first-order valence-electron chi connectivity index (χ1n) is 12.3. The second-order valence-corrected chi connectivity index (χ2v) is 9.06. The van der Waals surface area contributed by atoms with Crippen LogP contribution in [0.3, 0.4) is 0 Å². The maximum atomic E-state index is 13.6. The Hall–Kier alpha value is -5.04. The number of aliphatic hydroxyl groups is 1. The molecule has 1 unspecified atom stereocenters. The minimum absolute atomic E-state index is 0.0649. The van der Waals surface area contributed by atoms with E-state index >= 15 is 0 Å². The topological polar surface area (TPSA) is 85.3 Å². The number of carbonyl (C=O) groups is 2. The predicted molar refractivity (Wildman–Crippen MR) is 148 cm³/mol. The maximum absolute atomic E-state index is 13.6. The van der Waals surface area contributed by atoms with Gasteiger partial charge in [0.05, 0.1) is 31.4 Å². The summed E-state index contributed by atoms with van der Waals surface area (Å²) in [6, 6.07) is 27.7. The lowest BCUT2D eigenvalue weighted by Gasteiger charge is -2.26. The van der Waals surface area contributed by atoms with Gasteiger partial charge < -0.3 is 19.3 Å². The van der Waals surface area contributed by atoms with Crippen LogP contribution in [-0.2, 0) is 9.59 Å². The number of Topliss-reactive ketones (excluding diaryl/α,β-unsaturated/α-hetero) is 1. The molecule has 1 aliphatic rings. The highest BCUT2D eigenvalue weighted by atomic mass is 16.5. The molecule has 1 saturated heterocycles. The van der Waals surface area contributed by atoms with E-state index in [1.165, 1.54) is 19.1 Å². The van der Waals surface area contributed by atoms with Crippen LogP contribution in [0.5, 0.6) is 23.0 Å². The normalized spacial score (nSPS) is 16.3. The van der Waals surface area contributed by atoms with E-state index in [4.69, 9.17) is 14.2 Å². The summed E-state index contributed by atoms with van der Waals surface area (Å²) < 4.78 is 16.8. The van der Waals surface area contributed by atoms with E-state index in [0.29, 0.717) is 34.2 Å². The van der Waals surface area contributed by atoms with Gasteiger partial charge in [0.1, 0.15) is 28.8 Å². The second kappa shape index (κ2) is 10.8. The van der Waals surface area contributed by atoms with Crippen LogP contribution >= 0.6 is 0 Å². The highest BCUT2D eigenvalue weighted by Gasteiger charge is 2.47. The summed E-state index contributed by atoms with van der Waals surface area (Å²) in [5.41, 5.74) is 2.22. The summed E-state index contributed by atoms with van der Waals surface area (Å²) in [5.74, 6) is 0.0336. The number of rotatable bonds is 7. The third-order valence-electron chi connectivity index (χ3n) is 6.54. The summed E-state index contributed by atoms with van der Waals surface area (Å²) in [6.45, 7) is 1.91. The molecular weight excluding hydrogens is 494 g/mol. The molecule has 0 radical (unpaired) electrons.